The van der Waals surface area contributed by atoms with Gasteiger partial charge in [-0.05, 0) is 19.3 Å². The Morgan fingerprint density at radius 1 is 1.37 bits per heavy atom. The third-order valence-corrected chi connectivity index (χ3v) is 4.28. The summed E-state index contributed by atoms with van der Waals surface area (Å²) >= 11 is 0. The fourth-order valence-electron chi connectivity index (χ4n) is 3.30. The van der Waals surface area contributed by atoms with Crippen LogP contribution in [0.3, 0.4) is 0 Å². The second-order valence-electron chi connectivity index (χ2n) is 5.67. The maximum Gasteiger partial charge on any atom is 0.229 e. The standard InChI is InChI=1S/C14H22N4O/c1-3-6-11-12-13(18(2)17-11)15-10-8-5-4-7-9(10)14(19)16-12/h9-10,15H,3-8H2,1-2H3,(H,16,19). The van der Waals surface area contributed by atoms with Crippen LogP contribution in [-0.4, -0.2) is 21.7 Å². The summed E-state index contributed by atoms with van der Waals surface area (Å²) in [6.07, 6.45) is 6.37. The maximum atomic E-state index is 12.4. The molecule has 2 atom stereocenters. The lowest BCUT2D eigenvalue weighted by molar-refractivity contribution is -0.120. The van der Waals surface area contributed by atoms with Gasteiger partial charge in [0, 0.05) is 13.1 Å². The van der Waals surface area contributed by atoms with Crippen LogP contribution < -0.4 is 10.6 Å². The van der Waals surface area contributed by atoms with Crippen LogP contribution in [0.5, 0.6) is 0 Å². The Labute approximate surface area is 113 Å². The summed E-state index contributed by atoms with van der Waals surface area (Å²) in [7, 11) is 1.94. The van der Waals surface area contributed by atoms with E-state index in [1.807, 2.05) is 11.7 Å². The van der Waals surface area contributed by atoms with Crippen molar-refractivity contribution in [3.05, 3.63) is 5.69 Å². The van der Waals surface area contributed by atoms with Crippen molar-refractivity contribution < 1.29 is 4.79 Å². The summed E-state index contributed by atoms with van der Waals surface area (Å²) in [6, 6.07) is 0.264. The van der Waals surface area contributed by atoms with Crippen LogP contribution in [0.25, 0.3) is 0 Å². The number of rotatable bonds is 2. The summed E-state index contributed by atoms with van der Waals surface area (Å²) in [5.74, 6) is 1.25. The summed E-state index contributed by atoms with van der Waals surface area (Å²) in [6.45, 7) is 2.13. The molecule has 1 aromatic heterocycles. The van der Waals surface area contributed by atoms with Gasteiger partial charge < -0.3 is 10.6 Å². The Hall–Kier alpha value is -1.52. The number of aryl methyl sites for hydroxylation is 2. The topological polar surface area (TPSA) is 59.0 Å². The SMILES string of the molecule is CCCc1nn(C)c2c1NC(=O)C1CCCCC1N2. The molecule has 0 radical (unpaired) electrons. The van der Waals surface area contributed by atoms with Gasteiger partial charge in [-0.25, -0.2) is 0 Å². The van der Waals surface area contributed by atoms with Gasteiger partial charge in [0.1, 0.15) is 11.5 Å². The summed E-state index contributed by atoms with van der Waals surface area (Å²) in [5, 5.41) is 11.2. The monoisotopic (exact) mass is 262 g/mol. The summed E-state index contributed by atoms with van der Waals surface area (Å²) < 4.78 is 1.87. The van der Waals surface area contributed by atoms with Crippen LogP contribution in [0.1, 0.15) is 44.7 Å². The fourth-order valence-corrected chi connectivity index (χ4v) is 3.30. The number of aromatic nitrogens is 2. The Balaban J connectivity index is 1.97. The number of carbonyl (C=O) groups is 1. The molecule has 1 amide bonds. The van der Waals surface area contributed by atoms with E-state index in [-0.39, 0.29) is 17.9 Å². The molecule has 5 nitrogen and oxygen atoms in total. The van der Waals surface area contributed by atoms with Gasteiger partial charge in [-0.2, -0.15) is 5.10 Å². The smallest absolute Gasteiger partial charge is 0.229 e. The van der Waals surface area contributed by atoms with Crippen LogP contribution in [0, 0.1) is 5.92 Å². The molecule has 0 bridgehead atoms. The lowest BCUT2D eigenvalue weighted by atomic mass is 9.84. The molecule has 2 N–H and O–H groups in total. The second-order valence-corrected chi connectivity index (χ2v) is 5.67. The largest absolute Gasteiger partial charge is 0.365 e. The quantitative estimate of drug-likeness (QED) is 0.859. The molecule has 0 spiro atoms. The lowest BCUT2D eigenvalue weighted by Gasteiger charge is -2.29. The number of hydrogen-bond acceptors (Lipinski definition) is 3. The predicted octanol–water partition coefficient (Wildman–Crippen LogP) is 2.30. The minimum Gasteiger partial charge on any atom is -0.365 e. The van der Waals surface area contributed by atoms with E-state index in [1.54, 1.807) is 0 Å². The average Bonchev–Trinajstić information content (AvgIpc) is 2.60. The Kier molecular flexibility index (Phi) is 3.21. The van der Waals surface area contributed by atoms with Gasteiger partial charge >= 0.3 is 0 Å². The van der Waals surface area contributed by atoms with Crippen LogP contribution >= 0.6 is 0 Å². The molecule has 1 aromatic rings. The molecule has 0 saturated heterocycles. The fraction of sp³-hybridized carbons (Fsp3) is 0.714. The molecule has 1 fully saturated rings. The van der Waals surface area contributed by atoms with E-state index in [0.29, 0.717) is 0 Å². The first-order valence-corrected chi connectivity index (χ1v) is 7.34. The van der Waals surface area contributed by atoms with E-state index in [1.165, 1.54) is 6.42 Å². The number of anilines is 2. The van der Waals surface area contributed by atoms with E-state index in [4.69, 9.17) is 0 Å². The first-order valence-electron chi connectivity index (χ1n) is 7.34. The Morgan fingerprint density at radius 2 is 2.16 bits per heavy atom. The highest BCUT2D eigenvalue weighted by Crippen LogP contribution is 2.36. The number of hydrogen-bond donors (Lipinski definition) is 2. The second kappa shape index (κ2) is 4.87. The highest BCUT2D eigenvalue weighted by molar-refractivity contribution is 5.98. The van der Waals surface area contributed by atoms with Crippen molar-refractivity contribution >= 4 is 17.4 Å². The molecular weight excluding hydrogens is 240 g/mol. The molecule has 2 aliphatic rings. The van der Waals surface area contributed by atoms with E-state index in [2.05, 4.69) is 22.7 Å². The molecular formula is C14H22N4O. The van der Waals surface area contributed by atoms with Crippen LogP contribution in [-0.2, 0) is 18.3 Å². The third kappa shape index (κ3) is 2.11. The predicted molar refractivity (Wildman–Crippen MR) is 75.2 cm³/mol. The van der Waals surface area contributed by atoms with Crippen molar-refractivity contribution in [1.29, 1.82) is 0 Å². The van der Waals surface area contributed by atoms with Crippen molar-refractivity contribution in [3.63, 3.8) is 0 Å². The molecule has 104 valence electrons. The van der Waals surface area contributed by atoms with E-state index in [9.17, 15) is 4.79 Å². The van der Waals surface area contributed by atoms with Gasteiger partial charge in [0.25, 0.3) is 0 Å². The van der Waals surface area contributed by atoms with Gasteiger partial charge in [-0.15, -0.1) is 0 Å². The first kappa shape index (κ1) is 12.5. The normalized spacial score (nSPS) is 25.9. The van der Waals surface area contributed by atoms with Gasteiger partial charge in [0.05, 0.1) is 11.6 Å². The number of fused-ring (bicyclic) bond motifs is 2. The van der Waals surface area contributed by atoms with Crippen LogP contribution in [0.2, 0.25) is 0 Å². The van der Waals surface area contributed by atoms with Crippen molar-refractivity contribution in [2.75, 3.05) is 10.6 Å². The highest BCUT2D eigenvalue weighted by Gasteiger charge is 2.36. The molecule has 2 unspecified atom stereocenters. The molecule has 19 heavy (non-hydrogen) atoms. The number of carbonyl (C=O) groups excluding carboxylic acids is 1. The van der Waals surface area contributed by atoms with Gasteiger partial charge in [0.2, 0.25) is 5.91 Å². The molecule has 1 saturated carbocycles. The van der Waals surface area contributed by atoms with E-state index >= 15 is 0 Å². The van der Waals surface area contributed by atoms with Gasteiger partial charge in [-0.1, -0.05) is 26.2 Å². The van der Waals surface area contributed by atoms with Crippen molar-refractivity contribution in [2.45, 2.75) is 51.5 Å². The zero-order valence-electron chi connectivity index (χ0n) is 11.7. The lowest BCUT2D eigenvalue weighted by Crippen LogP contribution is -2.38. The Bertz CT molecular complexity index is 494. The molecule has 1 aliphatic heterocycles. The molecule has 1 aliphatic carbocycles. The van der Waals surface area contributed by atoms with E-state index in [0.717, 1.165) is 49.3 Å². The third-order valence-electron chi connectivity index (χ3n) is 4.28. The van der Waals surface area contributed by atoms with Crippen LogP contribution in [0.4, 0.5) is 11.5 Å². The van der Waals surface area contributed by atoms with Crippen LogP contribution in [0.15, 0.2) is 0 Å². The zero-order chi connectivity index (χ0) is 13.4. The Morgan fingerprint density at radius 3 is 2.95 bits per heavy atom. The maximum absolute atomic E-state index is 12.4. The summed E-state index contributed by atoms with van der Waals surface area (Å²) in [5.41, 5.74) is 1.91. The molecule has 0 aromatic carbocycles. The number of nitrogens with zero attached hydrogens (tertiary/aromatic N) is 2. The summed E-state index contributed by atoms with van der Waals surface area (Å²) in [4.78, 5) is 12.4. The van der Waals surface area contributed by atoms with Crippen molar-refractivity contribution in [1.82, 2.24) is 9.78 Å². The van der Waals surface area contributed by atoms with Crippen molar-refractivity contribution in [2.24, 2.45) is 13.0 Å². The molecule has 5 heteroatoms. The average molecular weight is 262 g/mol. The highest BCUT2D eigenvalue weighted by atomic mass is 16.2. The number of amides is 1. The minimum atomic E-state index is 0.107. The minimum absolute atomic E-state index is 0.107. The molecule has 3 rings (SSSR count). The van der Waals surface area contributed by atoms with E-state index < -0.39 is 0 Å². The zero-order valence-corrected chi connectivity index (χ0v) is 11.7. The number of nitrogens with one attached hydrogen (secondary N) is 2. The van der Waals surface area contributed by atoms with Gasteiger partial charge in [-0.3, -0.25) is 9.48 Å². The molecule has 2 heterocycles. The first-order chi connectivity index (χ1) is 9.20. The van der Waals surface area contributed by atoms with Gasteiger partial charge in [0.15, 0.2) is 0 Å². The van der Waals surface area contributed by atoms with Crippen molar-refractivity contribution in [3.8, 4) is 0 Å².